The van der Waals surface area contributed by atoms with Gasteiger partial charge in [0.05, 0.1) is 0 Å². The Hall–Kier alpha value is -1.45. The van der Waals surface area contributed by atoms with Gasteiger partial charge in [-0.3, -0.25) is 0 Å². The molecule has 0 saturated carbocycles. The zero-order valence-electron chi connectivity index (χ0n) is 21.5. The van der Waals surface area contributed by atoms with Crippen LogP contribution in [0.15, 0.2) is 122 Å². The van der Waals surface area contributed by atoms with Crippen LogP contribution in [0.1, 0.15) is 0 Å². The van der Waals surface area contributed by atoms with Crippen molar-refractivity contribution in [3.05, 3.63) is 122 Å². The third-order valence-electron chi connectivity index (χ3n) is 5.07. The van der Waals surface area contributed by atoms with E-state index in [0.29, 0.717) is 0 Å². The number of aromatic nitrogens is 8. The van der Waals surface area contributed by atoms with Crippen molar-refractivity contribution in [1.82, 2.24) is 39.9 Å². The van der Waals surface area contributed by atoms with E-state index in [1.165, 1.54) is 0 Å². The molecule has 0 N–H and O–H groups in total. The van der Waals surface area contributed by atoms with Crippen molar-refractivity contribution in [2.24, 2.45) is 0 Å². The Morgan fingerprint density at radius 2 is 0.590 bits per heavy atom. The summed E-state index contributed by atoms with van der Waals surface area (Å²) in [6.45, 7) is 0. The second-order valence-electron chi connectivity index (χ2n) is 7.44. The number of hydrogen-bond acceptors (Lipinski definition) is 4. The quantitative estimate of drug-likeness (QED) is 0.199. The molecule has 0 fully saturated rings. The Morgan fingerprint density at radius 1 is 0.359 bits per heavy atom. The number of hydrogen-bond donors (Lipinski definition) is 0. The van der Waals surface area contributed by atoms with E-state index in [1.807, 2.05) is 72.8 Å². The van der Waals surface area contributed by atoms with E-state index in [4.69, 9.17) is 0 Å². The van der Waals surface area contributed by atoms with E-state index >= 15 is 0 Å². The summed E-state index contributed by atoms with van der Waals surface area (Å²) < 4.78 is 0. The molecule has 8 aromatic heterocycles. The van der Waals surface area contributed by atoms with Gasteiger partial charge in [0.25, 0.3) is 0 Å². The Balaban J connectivity index is 0.000000178. The molecule has 0 aliphatic rings. The van der Waals surface area contributed by atoms with Crippen LogP contribution >= 0.6 is 0 Å². The molecule has 0 aromatic carbocycles. The summed E-state index contributed by atoms with van der Waals surface area (Å²) in [4.78, 5) is 32.2. The molecule has 11 heteroatoms. The summed E-state index contributed by atoms with van der Waals surface area (Å²) in [5.41, 5.74) is 3.32. The van der Waals surface area contributed by atoms with E-state index in [2.05, 4.69) is 39.9 Å². The molecule has 0 aliphatic carbocycles. The van der Waals surface area contributed by atoms with Crippen LogP contribution in [-0.2, 0) is 17.1 Å². The smallest absolute Gasteiger partial charge is 0.442 e. The second kappa shape index (κ2) is 18.1. The summed E-state index contributed by atoms with van der Waals surface area (Å²) >= 11 is 0. The fraction of sp³-hybridized carbons (Fsp3) is 0. The minimum atomic E-state index is 0. The molecule has 0 radical (unpaired) electrons. The first-order valence-electron chi connectivity index (χ1n) is 11.2. The molecule has 0 aliphatic heterocycles. The van der Waals surface area contributed by atoms with Crippen molar-refractivity contribution in [2.75, 3.05) is 0 Å². The van der Waals surface area contributed by atoms with Gasteiger partial charge in [-0.1, -0.05) is 145 Å². The number of rotatable bonds is 0. The number of nitrogens with zero attached hydrogens (tertiary/aromatic N) is 8. The first kappa shape index (κ1) is 33.8. The van der Waals surface area contributed by atoms with Gasteiger partial charge in [-0.25, -0.2) is 0 Å². The SMILES string of the molecule is [Fe+2].[K+].[K+].c1cnc2[n-]ccc2c1.c1cnc2[n-]ccc2c1.c1cnc2[n-]ccc2c1.c1cnc2[n-]ccc2c1. The van der Waals surface area contributed by atoms with E-state index in [9.17, 15) is 0 Å². The molecule has 8 aromatic rings. The molecule has 0 amide bonds. The monoisotopic (exact) mass is 602 g/mol. The van der Waals surface area contributed by atoms with Gasteiger partial charge in [-0.15, -0.1) is 0 Å². The van der Waals surface area contributed by atoms with Gasteiger partial charge in [-0.05, 0) is 21.5 Å². The van der Waals surface area contributed by atoms with Crippen LogP contribution in [0.2, 0.25) is 0 Å². The predicted molar refractivity (Wildman–Crippen MR) is 140 cm³/mol. The average molecular weight is 603 g/mol. The van der Waals surface area contributed by atoms with Crippen molar-refractivity contribution in [3.63, 3.8) is 0 Å². The van der Waals surface area contributed by atoms with Gasteiger partial charge in [0, 0.05) is 0 Å². The van der Waals surface area contributed by atoms with E-state index in [0.717, 1.165) is 44.1 Å². The van der Waals surface area contributed by atoms with E-state index in [-0.39, 0.29) is 120 Å². The third-order valence-corrected chi connectivity index (χ3v) is 5.07. The summed E-state index contributed by atoms with van der Waals surface area (Å²) in [5, 5.41) is 4.44. The van der Waals surface area contributed by atoms with Gasteiger partial charge in [0.1, 0.15) is 0 Å². The molecule has 0 bridgehead atoms. The zero-order chi connectivity index (χ0) is 24.4. The summed E-state index contributed by atoms with van der Waals surface area (Å²) in [6, 6.07) is 23.4. The van der Waals surface area contributed by atoms with Gasteiger partial charge in [0.15, 0.2) is 0 Å². The summed E-state index contributed by atoms with van der Waals surface area (Å²) in [5.74, 6) is 0. The number of pyridine rings is 4. The maximum absolute atomic E-state index is 4.03. The number of fused-ring (bicyclic) bond motifs is 4. The van der Waals surface area contributed by atoms with Crippen LogP contribution in [-0.4, -0.2) is 19.9 Å². The Kier molecular flexibility index (Phi) is 15.6. The molecule has 8 rings (SSSR count). The van der Waals surface area contributed by atoms with Crippen molar-refractivity contribution in [2.45, 2.75) is 0 Å². The van der Waals surface area contributed by atoms with Crippen LogP contribution in [0.3, 0.4) is 0 Å². The standard InChI is InChI=1S/4C7H5N2.Fe.2K/c4*1-2-6-3-5-9-7(6)8-4-1;;;/h4*1-5H;;;/q4*-1;+2;2*+1. The fourth-order valence-corrected chi connectivity index (χ4v) is 3.34. The molecule has 0 unspecified atom stereocenters. The van der Waals surface area contributed by atoms with Crippen LogP contribution in [0.5, 0.6) is 0 Å². The average Bonchev–Trinajstić information content (AvgIpc) is 3.76. The Morgan fingerprint density at radius 3 is 0.795 bits per heavy atom. The largest absolute Gasteiger partial charge is 2.00 e. The molecule has 0 atom stereocenters. The molecule has 0 spiro atoms. The maximum Gasteiger partial charge on any atom is 2.00 e. The van der Waals surface area contributed by atoms with Crippen molar-refractivity contribution in [3.8, 4) is 0 Å². The van der Waals surface area contributed by atoms with Crippen LogP contribution in [0, 0.1) is 0 Å². The van der Waals surface area contributed by atoms with Gasteiger partial charge < -0.3 is 39.9 Å². The third kappa shape index (κ3) is 9.85. The minimum absolute atomic E-state index is 0. The molecule has 0 saturated heterocycles. The molecule has 182 valence electrons. The van der Waals surface area contributed by atoms with Crippen LogP contribution in [0.4, 0.5) is 0 Å². The first-order valence-corrected chi connectivity index (χ1v) is 11.2. The summed E-state index contributed by atoms with van der Waals surface area (Å²) in [6.07, 6.45) is 14.0. The van der Waals surface area contributed by atoms with Crippen molar-refractivity contribution in [1.29, 1.82) is 0 Å². The van der Waals surface area contributed by atoms with Crippen molar-refractivity contribution >= 4 is 44.1 Å². The van der Waals surface area contributed by atoms with Crippen LogP contribution < -0.4 is 123 Å². The maximum atomic E-state index is 4.03. The van der Waals surface area contributed by atoms with Gasteiger partial charge in [0.2, 0.25) is 0 Å². The Labute approximate surface area is 321 Å². The Bertz CT molecular complexity index is 1410. The predicted octanol–water partition coefficient (Wildman–Crippen LogP) is -1.23. The molecular formula is C28H20FeK2N8. The topological polar surface area (TPSA) is 108 Å². The summed E-state index contributed by atoms with van der Waals surface area (Å²) in [7, 11) is 0. The fourth-order valence-electron chi connectivity index (χ4n) is 3.34. The van der Waals surface area contributed by atoms with E-state index in [1.54, 1.807) is 49.6 Å². The molecule has 8 heterocycles. The molecular weight excluding hydrogens is 582 g/mol. The van der Waals surface area contributed by atoms with Crippen LogP contribution in [0.25, 0.3) is 44.1 Å². The van der Waals surface area contributed by atoms with Gasteiger partial charge in [-0.2, -0.15) is 0 Å². The second-order valence-corrected chi connectivity index (χ2v) is 7.44. The van der Waals surface area contributed by atoms with E-state index < -0.39 is 0 Å². The zero-order valence-corrected chi connectivity index (χ0v) is 28.8. The first-order chi connectivity index (χ1) is 17.9. The van der Waals surface area contributed by atoms with Crippen molar-refractivity contribution < 1.29 is 120 Å². The minimum Gasteiger partial charge on any atom is -0.442 e. The van der Waals surface area contributed by atoms with Gasteiger partial charge >= 0.3 is 120 Å². The molecule has 39 heavy (non-hydrogen) atoms. The normalized spacial score (nSPS) is 9.44. The molecule has 8 nitrogen and oxygen atoms in total.